The maximum atomic E-state index is 11.5. The maximum Gasteiger partial charge on any atom is 0.419 e. The Balaban J connectivity index is 1.89. The van der Waals surface area contributed by atoms with Gasteiger partial charge in [-0.1, -0.05) is 29.8 Å². The second kappa shape index (κ2) is 5.58. The molecule has 3 nitrogen and oxygen atoms in total. The molecule has 0 radical (unpaired) electrons. The summed E-state index contributed by atoms with van der Waals surface area (Å²) >= 11 is 12.3. The van der Waals surface area contributed by atoms with E-state index in [0.717, 1.165) is 16.6 Å². The molecule has 2 aromatic carbocycles. The number of rotatable bonds is 3. The molecule has 0 N–H and O–H groups in total. The lowest BCUT2D eigenvalue weighted by molar-refractivity contribution is 0.528. The number of fused-ring (bicyclic) bond motifs is 1. The number of aryl methyl sites for hydroxylation is 1. The van der Waals surface area contributed by atoms with Crippen LogP contribution in [0.1, 0.15) is 16.5 Å². The number of oxazole rings is 1. The van der Waals surface area contributed by atoms with Crippen LogP contribution in [0.3, 0.4) is 0 Å². The molecule has 0 aliphatic heterocycles. The summed E-state index contributed by atoms with van der Waals surface area (Å²) in [6.07, 6.45) is 0.682. The topological polar surface area (TPSA) is 35.1 Å². The van der Waals surface area contributed by atoms with E-state index in [4.69, 9.17) is 27.6 Å². The molecule has 0 saturated heterocycles. The molecule has 1 unspecified atom stereocenters. The van der Waals surface area contributed by atoms with Crippen LogP contribution in [0, 0.1) is 0 Å². The van der Waals surface area contributed by atoms with Gasteiger partial charge in [-0.2, -0.15) is 0 Å². The highest BCUT2D eigenvalue weighted by atomic mass is 35.5. The molecule has 3 rings (SSSR count). The molecule has 0 spiro atoms. The highest BCUT2D eigenvalue weighted by molar-refractivity contribution is 6.30. The van der Waals surface area contributed by atoms with Gasteiger partial charge in [0.25, 0.3) is 0 Å². The third-order valence-electron chi connectivity index (χ3n) is 3.51. The van der Waals surface area contributed by atoms with E-state index >= 15 is 0 Å². The molecule has 3 aromatic rings. The van der Waals surface area contributed by atoms with Crippen molar-refractivity contribution in [3.63, 3.8) is 0 Å². The average molecular weight is 322 g/mol. The molecule has 0 aliphatic carbocycles. The summed E-state index contributed by atoms with van der Waals surface area (Å²) in [7, 11) is 1.68. The fourth-order valence-electron chi connectivity index (χ4n) is 2.29. The summed E-state index contributed by atoms with van der Waals surface area (Å²) in [4.78, 5) is 11.5. The zero-order chi connectivity index (χ0) is 15.0. The predicted molar refractivity (Wildman–Crippen MR) is 85.2 cm³/mol. The second-order valence-electron chi connectivity index (χ2n) is 4.95. The van der Waals surface area contributed by atoms with E-state index in [9.17, 15) is 4.79 Å². The van der Waals surface area contributed by atoms with Crippen LogP contribution in [0.15, 0.2) is 51.7 Å². The molecule has 1 atom stereocenters. The highest BCUT2D eigenvalue weighted by Crippen LogP contribution is 2.28. The summed E-state index contributed by atoms with van der Waals surface area (Å²) in [6, 6.07) is 13.2. The van der Waals surface area contributed by atoms with Crippen LogP contribution in [0.5, 0.6) is 0 Å². The van der Waals surface area contributed by atoms with Gasteiger partial charge in [-0.3, -0.25) is 4.57 Å². The maximum absolute atomic E-state index is 11.5. The number of aromatic nitrogens is 1. The fourth-order valence-corrected chi connectivity index (χ4v) is 2.73. The van der Waals surface area contributed by atoms with Gasteiger partial charge < -0.3 is 4.42 Å². The average Bonchev–Trinajstić information content (AvgIpc) is 2.76. The summed E-state index contributed by atoms with van der Waals surface area (Å²) in [5.41, 5.74) is 3.35. The van der Waals surface area contributed by atoms with Crippen LogP contribution in [-0.4, -0.2) is 4.57 Å². The zero-order valence-electron chi connectivity index (χ0n) is 11.3. The van der Waals surface area contributed by atoms with Crippen LogP contribution < -0.4 is 5.76 Å². The third kappa shape index (κ3) is 2.85. The van der Waals surface area contributed by atoms with Crippen molar-refractivity contribution in [3.05, 3.63) is 69.2 Å². The number of halogens is 2. The van der Waals surface area contributed by atoms with Crippen molar-refractivity contribution in [1.29, 1.82) is 0 Å². The Morgan fingerprint density at radius 3 is 2.62 bits per heavy atom. The van der Waals surface area contributed by atoms with Gasteiger partial charge in [0.05, 0.1) is 10.9 Å². The van der Waals surface area contributed by atoms with E-state index in [0.29, 0.717) is 17.0 Å². The van der Waals surface area contributed by atoms with Gasteiger partial charge in [0.2, 0.25) is 0 Å². The zero-order valence-corrected chi connectivity index (χ0v) is 12.9. The molecular weight excluding hydrogens is 309 g/mol. The monoisotopic (exact) mass is 321 g/mol. The van der Waals surface area contributed by atoms with Crippen LogP contribution in [0.4, 0.5) is 0 Å². The molecule has 21 heavy (non-hydrogen) atoms. The Labute approximate surface area is 131 Å². The number of hydrogen-bond donors (Lipinski definition) is 0. The van der Waals surface area contributed by atoms with Crippen molar-refractivity contribution in [2.75, 3.05) is 0 Å². The van der Waals surface area contributed by atoms with Gasteiger partial charge in [0, 0.05) is 12.1 Å². The third-order valence-corrected chi connectivity index (χ3v) is 4.16. The summed E-state index contributed by atoms with van der Waals surface area (Å²) in [5, 5.41) is 0.512. The van der Waals surface area contributed by atoms with E-state index in [2.05, 4.69) is 0 Å². The van der Waals surface area contributed by atoms with Crippen molar-refractivity contribution in [2.45, 2.75) is 11.8 Å². The van der Waals surface area contributed by atoms with Gasteiger partial charge in [0.1, 0.15) is 0 Å². The summed E-state index contributed by atoms with van der Waals surface area (Å²) < 4.78 is 6.66. The minimum Gasteiger partial charge on any atom is -0.408 e. The fraction of sp³-hybridized carbons (Fsp3) is 0.188. The van der Waals surface area contributed by atoms with E-state index in [-0.39, 0.29) is 11.1 Å². The van der Waals surface area contributed by atoms with Gasteiger partial charge >= 0.3 is 5.76 Å². The minimum absolute atomic E-state index is 0.193. The SMILES string of the molecule is Cn1c(=O)oc2cc(C(Cl)Cc3ccc(Cl)cc3)ccc21. The molecule has 108 valence electrons. The Morgan fingerprint density at radius 2 is 1.90 bits per heavy atom. The Hall–Kier alpha value is -1.71. The number of nitrogens with zero attached hydrogens (tertiary/aromatic N) is 1. The van der Waals surface area contributed by atoms with Crippen molar-refractivity contribution < 1.29 is 4.42 Å². The second-order valence-corrected chi connectivity index (χ2v) is 5.92. The van der Waals surface area contributed by atoms with Crippen LogP contribution >= 0.6 is 23.2 Å². The quantitative estimate of drug-likeness (QED) is 0.674. The standard InChI is InChI=1S/C16H13Cl2NO2/c1-19-14-7-4-11(9-15(14)21-16(19)20)13(18)8-10-2-5-12(17)6-3-10/h2-7,9,13H,8H2,1H3. The molecule has 0 aliphatic rings. The van der Waals surface area contributed by atoms with Crippen molar-refractivity contribution in [3.8, 4) is 0 Å². The van der Waals surface area contributed by atoms with Gasteiger partial charge in [0.15, 0.2) is 5.58 Å². The Morgan fingerprint density at radius 1 is 1.19 bits per heavy atom. The first-order chi connectivity index (χ1) is 10.0. The van der Waals surface area contributed by atoms with Crippen LogP contribution in [-0.2, 0) is 13.5 Å². The molecule has 5 heteroatoms. The molecule has 1 heterocycles. The summed E-state index contributed by atoms with van der Waals surface area (Å²) in [5.74, 6) is -0.369. The van der Waals surface area contributed by atoms with Crippen LogP contribution in [0.25, 0.3) is 11.1 Å². The molecule has 0 saturated carbocycles. The van der Waals surface area contributed by atoms with E-state index in [1.165, 1.54) is 4.57 Å². The van der Waals surface area contributed by atoms with Crippen molar-refractivity contribution in [2.24, 2.45) is 7.05 Å². The van der Waals surface area contributed by atoms with Crippen molar-refractivity contribution >= 4 is 34.3 Å². The highest BCUT2D eigenvalue weighted by Gasteiger charge is 2.13. The summed E-state index contributed by atoms with van der Waals surface area (Å²) in [6.45, 7) is 0. The first-order valence-corrected chi connectivity index (χ1v) is 7.34. The molecule has 0 fully saturated rings. The van der Waals surface area contributed by atoms with E-state index in [1.807, 2.05) is 42.5 Å². The lowest BCUT2D eigenvalue weighted by Crippen LogP contribution is -2.08. The molecule has 1 aromatic heterocycles. The van der Waals surface area contributed by atoms with Gasteiger partial charge in [-0.05, 0) is 41.8 Å². The molecule has 0 amide bonds. The molecular formula is C16H13Cl2NO2. The lowest BCUT2D eigenvalue weighted by atomic mass is 10.0. The molecule has 0 bridgehead atoms. The lowest BCUT2D eigenvalue weighted by Gasteiger charge is -2.10. The predicted octanol–water partition coefficient (Wildman–Crippen LogP) is 4.31. The number of benzene rings is 2. The number of hydrogen-bond acceptors (Lipinski definition) is 2. The minimum atomic E-state index is -0.369. The Bertz CT molecular complexity index is 834. The smallest absolute Gasteiger partial charge is 0.408 e. The van der Waals surface area contributed by atoms with E-state index in [1.54, 1.807) is 7.05 Å². The number of alkyl halides is 1. The van der Waals surface area contributed by atoms with Crippen LogP contribution in [0.2, 0.25) is 5.02 Å². The van der Waals surface area contributed by atoms with Crippen molar-refractivity contribution in [1.82, 2.24) is 4.57 Å². The Kier molecular flexibility index (Phi) is 3.79. The van der Waals surface area contributed by atoms with Gasteiger partial charge in [-0.25, -0.2) is 4.79 Å². The first kappa shape index (κ1) is 14.2. The van der Waals surface area contributed by atoms with Gasteiger partial charge in [-0.15, -0.1) is 11.6 Å². The normalized spacial score (nSPS) is 12.7. The largest absolute Gasteiger partial charge is 0.419 e. The first-order valence-electron chi connectivity index (χ1n) is 6.52. The van der Waals surface area contributed by atoms with E-state index < -0.39 is 0 Å².